The molecule has 0 aliphatic carbocycles. The molecule has 0 amide bonds. The molecule has 0 unspecified atom stereocenters. The Morgan fingerprint density at radius 1 is 1.40 bits per heavy atom. The zero-order valence-corrected chi connectivity index (χ0v) is 12.0. The summed E-state index contributed by atoms with van der Waals surface area (Å²) in [5, 5.41) is 19.7. The second-order valence-corrected chi connectivity index (χ2v) is 5.24. The fourth-order valence-corrected chi connectivity index (χ4v) is 2.17. The highest BCUT2D eigenvalue weighted by Gasteiger charge is 2.09. The van der Waals surface area contributed by atoms with Crippen LogP contribution >= 0.6 is 11.8 Å². The fourth-order valence-electron chi connectivity index (χ4n) is 1.67. The lowest BCUT2D eigenvalue weighted by atomic mass is 10.1. The van der Waals surface area contributed by atoms with Crippen LogP contribution in [-0.2, 0) is 11.3 Å². The van der Waals surface area contributed by atoms with Crippen molar-refractivity contribution in [1.82, 2.24) is 10.2 Å². The summed E-state index contributed by atoms with van der Waals surface area (Å²) in [6.45, 7) is 4.47. The largest absolute Gasteiger partial charge is 0.481 e. The number of anilines is 1. The maximum absolute atomic E-state index is 10.4. The van der Waals surface area contributed by atoms with E-state index >= 15 is 0 Å². The van der Waals surface area contributed by atoms with Gasteiger partial charge in [-0.2, -0.15) is 0 Å². The van der Waals surface area contributed by atoms with Crippen molar-refractivity contribution in [3.8, 4) is 0 Å². The summed E-state index contributed by atoms with van der Waals surface area (Å²) in [4.78, 5) is 10.4. The van der Waals surface area contributed by atoms with Crippen molar-refractivity contribution in [2.24, 2.45) is 0 Å². The molecule has 0 aliphatic rings. The van der Waals surface area contributed by atoms with Crippen LogP contribution in [0.25, 0.3) is 0 Å². The normalized spacial score (nSPS) is 10.5. The van der Waals surface area contributed by atoms with Crippen LogP contribution in [0.2, 0.25) is 0 Å². The third kappa shape index (κ3) is 3.99. The SMILES string of the molecule is Cc1ccc(NCc2nnc(SCC(=O)O)o2)c(C)c1. The number of carboxylic acid groups (broad SMARTS) is 1. The fraction of sp³-hybridized carbons (Fsp3) is 0.308. The molecule has 0 bridgehead atoms. The van der Waals surface area contributed by atoms with E-state index in [1.807, 2.05) is 26.0 Å². The first-order chi connectivity index (χ1) is 9.54. The minimum absolute atomic E-state index is 0.0911. The molecule has 1 aromatic heterocycles. The van der Waals surface area contributed by atoms with E-state index in [9.17, 15) is 4.79 Å². The first-order valence-electron chi connectivity index (χ1n) is 6.02. The molecule has 0 saturated carbocycles. The van der Waals surface area contributed by atoms with Crippen LogP contribution in [0.1, 0.15) is 17.0 Å². The van der Waals surface area contributed by atoms with E-state index < -0.39 is 5.97 Å². The molecule has 0 atom stereocenters. The zero-order chi connectivity index (χ0) is 14.5. The number of hydrogen-bond donors (Lipinski definition) is 2. The molecule has 106 valence electrons. The standard InChI is InChI=1S/C13H15N3O3S/c1-8-3-4-10(9(2)5-8)14-6-11-15-16-13(19-11)20-7-12(17)18/h3-5,14H,6-7H2,1-2H3,(H,17,18). The Morgan fingerprint density at radius 2 is 2.20 bits per heavy atom. The second-order valence-electron chi connectivity index (χ2n) is 4.32. The molecular weight excluding hydrogens is 278 g/mol. The molecule has 0 radical (unpaired) electrons. The van der Waals surface area contributed by atoms with E-state index in [0.717, 1.165) is 23.0 Å². The summed E-state index contributed by atoms with van der Waals surface area (Å²) in [7, 11) is 0. The van der Waals surface area contributed by atoms with Crippen molar-refractivity contribution >= 4 is 23.4 Å². The first kappa shape index (κ1) is 14.4. The van der Waals surface area contributed by atoms with Gasteiger partial charge >= 0.3 is 5.97 Å². The van der Waals surface area contributed by atoms with Gasteiger partial charge in [-0.1, -0.05) is 29.5 Å². The van der Waals surface area contributed by atoms with Crippen molar-refractivity contribution < 1.29 is 14.3 Å². The molecule has 0 aliphatic heterocycles. The zero-order valence-electron chi connectivity index (χ0n) is 11.2. The third-order valence-electron chi connectivity index (χ3n) is 2.58. The van der Waals surface area contributed by atoms with Crippen molar-refractivity contribution in [2.45, 2.75) is 25.6 Å². The van der Waals surface area contributed by atoms with E-state index in [-0.39, 0.29) is 11.0 Å². The number of nitrogens with zero attached hydrogens (tertiary/aromatic N) is 2. The molecular formula is C13H15N3O3S. The van der Waals surface area contributed by atoms with E-state index in [1.54, 1.807) is 0 Å². The number of aliphatic carboxylic acids is 1. The van der Waals surface area contributed by atoms with E-state index in [1.165, 1.54) is 5.56 Å². The van der Waals surface area contributed by atoms with Gasteiger partial charge in [0.05, 0.1) is 6.54 Å². The number of hydrogen-bond acceptors (Lipinski definition) is 6. The van der Waals surface area contributed by atoms with Crippen molar-refractivity contribution in [3.63, 3.8) is 0 Å². The van der Waals surface area contributed by atoms with Crippen LogP contribution in [0.15, 0.2) is 27.8 Å². The Kier molecular flexibility index (Phi) is 4.62. The van der Waals surface area contributed by atoms with E-state index in [2.05, 4.69) is 21.6 Å². The maximum Gasteiger partial charge on any atom is 0.314 e. The molecule has 7 heteroatoms. The number of aromatic nitrogens is 2. The number of aryl methyl sites for hydroxylation is 2. The molecule has 0 fully saturated rings. The molecule has 1 aromatic carbocycles. The molecule has 0 spiro atoms. The summed E-state index contributed by atoms with van der Waals surface area (Å²) < 4.78 is 5.33. The Labute approximate surface area is 120 Å². The van der Waals surface area contributed by atoms with Crippen molar-refractivity contribution in [3.05, 3.63) is 35.2 Å². The lowest BCUT2D eigenvalue weighted by Gasteiger charge is -2.07. The molecule has 2 aromatic rings. The average molecular weight is 293 g/mol. The highest BCUT2D eigenvalue weighted by Crippen LogP contribution is 2.19. The Bertz CT molecular complexity index is 613. The summed E-state index contributed by atoms with van der Waals surface area (Å²) >= 11 is 1.01. The van der Waals surface area contributed by atoms with Crippen molar-refractivity contribution in [1.29, 1.82) is 0 Å². The number of thioether (sulfide) groups is 1. The Balaban J connectivity index is 1.92. The number of carboxylic acids is 1. The van der Waals surface area contributed by atoms with Gasteiger partial charge in [-0.15, -0.1) is 10.2 Å². The van der Waals surface area contributed by atoms with Crippen LogP contribution in [0, 0.1) is 13.8 Å². The van der Waals surface area contributed by atoms with Crippen LogP contribution in [0.3, 0.4) is 0 Å². The predicted octanol–water partition coefficient (Wildman–Crippen LogP) is 2.48. The minimum Gasteiger partial charge on any atom is -0.481 e. The van der Waals surface area contributed by atoms with Gasteiger partial charge in [-0.05, 0) is 25.5 Å². The van der Waals surface area contributed by atoms with Gasteiger partial charge in [-0.3, -0.25) is 4.79 Å². The molecule has 2 N–H and O–H groups in total. The van der Waals surface area contributed by atoms with Gasteiger partial charge in [-0.25, -0.2) is 0 Å². The third-order valence-corrected chi connectivity index (χ3v) is 3.38. The van der Waals surface area contributed by atoms with Gasteiger partial charge in [0.25, 0.3) is 5.22 Å². The summed E-state index contributed by atoms with van der Waals surface area (Å²) in [5.41, 5.74) is 3.36. The van der Waals surface area contributed by atoms with E-state index in [0.29, 0.717) is 12.4 Å². The Hall–Kier alpha value is -2.02. The topological polar surface area (TPSA) is 88.2 Å². The summed E-state index contributed by atoms with van der Waals surface area (Å²) in [5.74, 6) is -0.576. The van der Waals surface area contributed by atoms with Crippen LogP contribution < -0.4 is 5.32 Å². The maximum atomic E-state index is 10.4. The van der Waals surface area contributed by atoms with Crippen LogP contribution in [0.4, 0.5) is 5.69 Å². The lowest BCUT2D eigenvalue weighted by Crippen LogP contribution is -2.01. The smallest absolute Gasteiger partial charge is 0.314 e. The quantitative estimate of drug-likeness (QED) is 0.791. The number of nitrogens with one attached hydrogen (secondary N) is 1. The molecule has 20 heavy (non-hydrogen) atoms. The minimum atomic E-state index is -0.914. The summed E-state index contributed by atoms with van der Waals surface area (Å²) in [6, 6.07) is 6.11. The number of carbonyl (C=O) groups is 1. The van der Waals surface area contributed by atoms with Gasteiger partial charge < -0.3 is 14.8 Å². The molecule has 0 saturated heterocycles. The number of benzene rings is 1. The molecule has 6 nitrogen and oxygen atoms in total. The summed E-state index contributed by atoms with van der Waals surface area (Å²) in [6.07, 6.45) is 0. The first-order valence-corrected chi connectivity index (χ1v) is 7.01. The van der Waals surface area contributed by atoms with Gasteiger partial charge in [0.15, 0.2) is 0 Å². The second kappa shape index (κ2) is 6.42. The molecule has 2 rings (SSSR count). The Morgan fingerprint density at radius 3 is 2.90 bits per heavy atom. The van der Waals surface area contributed by atoms with Crippen LogP contribution in [0.5, 0.6) is 0 Å². The monoisotopic (exact) mass is 293 g/mol. The molecule has 1 heterocycles. The van der Waals surface area contributed by atoms with E-state index in [4.69, 9.17) is 9.52 Å². The predicted molar refractivity (Wildman–Crippen MR) is 75.9 cm³/mol. The van der Waals surface area contributed by atoms with Crippen LogP contribution in [-0.4, -0.2) is 27.0 Å². The van der Waals surface area contributed by atoms with Gasteiger partial charge in [0.2, 0.25) is 5.89 Å². The average Bonchev–Trinajstić information content (AvgIpc) is 2.83. The number of rotatable bonds is 6. The van der Waals surface area contributed by atoms with Gasteiger partial charge in [0, 0.05) is 5.69 Å². The van der Waals surface area contributed by atoms with Crippen molar-refractivity contribution in [2.75, 3.05) is 11.1 Å². The lowest BCUT2D eigenvalue weighted by molar-refractivity contribution is -0.133. The highest BCUT2D eigenvalue weighted by atomic mass is 32.2. The van der Waals surface area contributed by atoms with Gasteiger partial charge in [0.1, 0.15) is 5.75 Å². The highest BCUT2D eigenvalue weighted by molar-refractivity contribution is 7.99.